The minimum Gasteiger partial charge on any atom is -0.294 e. The first-order chi connectivity index (χ1) is 14.5. The van der Waals surface area contributed by atoms with Crippen molar-refractivity contribution in [3.63, 3.8) is 0 Å². The summed E-state index contributed by atoms with van der Waals surface area (Å²) in [6.07, 6.45) is 12.0. The molecule has 0 aliphatic heterocycles. The number of nitrogens with zero attached hydrogens (tertiary/aromatic N) is 1. The van der Waals surface area contributed by atoms with Crippen molar-refractivity contribution >= 4 is 11.5 Å². The summed E-state index contributed by atoms with van der Waals surface area (Å²) in [6, 6.07) is 8.00. The predicted molar refractivity (Wildman–Crippen MR) is 127 cm³/mol. The Labute approximate surface area is 182 Å². The van der Waals surface area contributed by atoms with E-state index in [2.05, 4.69) is 36.4 Å². The van der Waals surface area contributed by atoms with Crippen LogP contribution in [0.25, 0.3) is 0 Å². The maximum Gasteiger partial charge on any atom is 0.165 e. The fourth-order valence-corrected chi connectivity index (χ4v) is 4.76. The Bertz CT molecular complexity index is 898. The highest BCUT2D eigenvalue weighted by molar-refractivity contribution is 6.01. The third-order valence-corrected chi connectivity index (χ3v) is 6.60. The molecule has 2 heteroatoms. The first-order valence-corrected chi connectivity index (χ1v) is 11.4. The van der Waals surface area contributed by atoms with E-state index in [0.29, 0.717) is 11.7 Å². The highest BCUT2D eigenvalue weighted by atomic mass is 16.1. The Hall–Kier alpha value is -2.44. The molecule has 2 aliphatic rings. The number of ketones is 1. The second-order valence-corrected chi connectivity index (χ2v) is 8.73. The number of allylic oxidation sites excluding steroid dienone is 5. The maximum atomic E-state index is 13.0. The van der Waals surface area contributed by atoms with Crippen LogP contribution in [0.3, 0.4) is 0 Å². The van der Waals surface area contributed by atoms with Crippen molar-refractivity contribution in [2.75, 3.05) is 6.54 Å². The van der Waals surface area contributed by atoms with E-state index in [-0.39, 0.29) is 5.92 Å². The average Bonchev–Trinajstić information content (AvgIpc) is 3.19. The highest BCUT2D eigenvalue weighted by Crippen LogP contribution is 2.37. The van der Waals surface area contributed by atoms with Crippen LogP contribution >= 0.6 is 0 Å². The molecule has 0 saturated heterocycles. The van der Waals surface area contributed by atoms with Crippen molar-refractivity contribution in [3.8, 4) is 0 Å². The fourth-order valence-electron chi connectivity index (χ4n) is 4.76. The van der Waals surface area contributed by atoms with Gasteiger partial charge in [-0.3, -0.25) is 9.79 Å². The van der Waals surface area contributed by atoms with Gasteiger partial charge < -0.3 is 0 Å². The molecule has 30 heavy (non-hydrogen) atoms. The Kier molecular flexibility index (Phi) is 7.82. The molecule has 0 heterocycles. The summed E-state index contributed by atoms with van der Waals surface area (Å²) in [7, 11) is 0. The highest BCUT2D eigenvalue weighted by Gasteiger charge is 2.28. The minimum atomic E-state index is 0.145. The number of rotatable bonds is 8. The molecule has 0 aromatic heterocycles. The van der Waals surface area contributed by atoms with Gasteiger partial charge >= 0.3 is 0 Å². The van der Waals surface area contributed by atoms with Gasteiger partial charge in [-0.05, 0) is 82.8 Å². The van der Waals surface area contributed by atoms with E-state index in [4.69, 9.17) is 0 Å². The molecule has 0 amide bonds. The Morgan fingerprint density at radius 1 is 1.10 bits per heavy atom. The largest absolute Gasteiger partial charge is 0.294 e. The van der Waals surface area contributed by atoms with Gasteiger partial charge in [0.15, 0.2) is 5.78 Å². The van der Waals surface area contributed by atoms with Crippen molar-refractivity contribution in [3.05, 3.63) is 76.6 Å². The van der Waals surface area contributed by atoms with Gasteiger partial charge in [-0.2, -0.15) is 0 Å². The number of benzene rings is 1. The van der Waals surface area contributed by atoms with E-state index in [1.807, 2.05) is 38.1 Å². The second kappa shape index (κ2) is 10.5. The quantitative estimate of drug-likeness (QED) is 0.256. The van der Waals surface area contributed by atoms with Crippen LogP contribution in [0.15, 0.2) is 70.4 Å². The zero-order valence-corrected chi connectivity index (χ0v) is 18.8. The van der Waals surface area contributed by atoms with E-state index in [1.54, 1.807) is 0 Å². The lowest BCUT2D eigenvalue weighted by Gasteiger charge is -2.29. The molecular formula is C28H35NO. The molecule has 0 N–H and O–H groups in total. The number of carbonyl (C=O) groups excluding carboxylic acids is 1. The van der Waals surface area contributed by atoms with Crippen LogP contribution in [0, 0.1) is 11.8 Å². The molecule has 1 aromatic carbocycles. The smallest absolute Gasteiger partial charge is 0.165 e. The first-order valence-electron chi connectivity index (χ1n) is 11.4. The summed E-state index contributed by atoms with van der Waals surface area (Å²) < 4.78 is 0. The molecule has 0 spiro atoms. The molecule has 2 aliphatic carbocycles. The molecule has 3 rings (SSSR count). The summed E-state index contributed by atoms with van der Waals surface area (Å²) in [5.41, 5.74) is 10.5. The number of Topliss-reactive ketones (excluding diaryl/α,β-unsaturated/α-hetero) is 1. The van der Waals surface area contributed by atoms with E-state index < -0.39 is 0 Å². The lowest BCUT2D eigenvalue weighted by molar-refractivity contribution is 0.0877. The first kappa shape index (κ1) is 22.2. The monoisotopic (exact) mass is 401 g/mol. The van der Waals surface area contributed by atoms with Crippen LogP contribution in [0.1, 0.15) is 81.6 Å². The molecule has 0 bridgehead atoms. The van der Waals surface area contributed by atoms with Gasteiger partial charge in [-0.1, -0.05) is 54.1 Å². The zero-order chi connectivity index (χ0) is 21.5. The molecular weight excluding hydrogens is 366 g/mol. The van der Waals surface area contributed by atoms with Gasteiger partial charge in [-0.25, -0.2) is 0 Å². The molecule has 0 atom stereocenters. The number of hydrogen-bond acceptors (Lipinski definition) is 2. The summed E-state index contributed by atoms with van der Waals surface area (Å²) in [5, 5.41) is 0. The zero-order valence-electron chi connectivity index (χ0n) is 18.8. The minimum absolute atomic E-state index is 0.145. The summed E-state index contributed by atoms with van der Waals surface area (Å²) in [5.74, 6) is 0.978. The standard InChI is InChI=1S/C28H35NO/c1-5-23(10-9-22-8-7-20(3)19-22)25-13-17-27(18-14-25)28(30)26-15-11-24(12-16-26)21(4)29-6-2/h8,11-12,15-16,19,25,27H,1,6-7,9-10,13-14,17-18H2,2-4H3. The van der Waals surface area contributed by atoms with Crippen molar-refractivity contribution in [1.29, 1.82) is 0 Å². The van der Waals surface area contributed by atoms with Crippen molar-refractivity contribution in [1.82, 2.24) is 0 Å². The van der Waals surface area contributed by atoms with E-state index >= 15 is 0 Å². The summed E-state index contributed by atoms with van der Waals surface area (Å²) >= 11 is 0. The topological polar surface area (TPSA) is 29.4 Å². The normalized spacial score (nSPS) is 21.6. The van der Waals surface area contributed by atoms with Crippen LogP contribution in [-0.2, 0) is 0 Å². The van der Waals surface area contributed by atoms with Crippen LogP contribution in [0.5, 0.6) is 0 Å². The van der Waals surface area contributed by atoms with Crippen molar-refractivity contribution < 1.29 is 4.79 Å². The van der Waals surface area contributed by atoms with Crippen molar-refractivity contribution in [2.24, 2.45) is 16.8 Å². The van der Waals surface area contributed by atoms with Gasteiger partial charge in [-0.15, -0.1) is 5.73 Å². The number of hydrogen-bond donors (Lipinski definition) is 0. The fraction of sp³-hybridized carbons (Fsp3) is 0.464. The lowest BCUT2D eigenvalue weighted by Crippen LogP contribution is -2.23. The molecule has 0 radical (unpaired) electrons. The molecule has 2 nitrogen and oxygen atoms in total. The van der Waals surface area contributed by atoms with Gasteiger partial charge in [0, 0.05) is 23.7 Å². The van der Waals surface area contributed by atoms with Crippen LogP contribution in [-0.4, -0.2) is 18.0 Å². The van der Waals surface area contributed by atoms with E-state index in [9.17, 15) is 4.79 Å². The molecule has 1 aromatic rings. The van der Waals surface area contributed by atoms with Gasteiger partial charge in [0.2, 0.25) is 0 Å². The summed E-state index contributed by atoms with van der Waals surface area (Å²) in [6.45, 7) is 11.0. The van der Waals surface area contributed by atoms with Gasteiger partial charge in [0.25, 0.3) is 0 Å². The number of carbonyl (C=O) groups is 1. The molecule has 158 valence electrons. The van der Waals surface area contributed by atoms with Crippen LogP contribution in [0.2, 0.25) is 0 Å². The number of aliphatic imine (C=N–C) groups is 1. The third-order valence-electron chi connectivity index (χ3n) is 6.60. The maximum absolute atomic E-state index is 13.0. The van der Waals surface area contributed by atoms with E-state index in [1.165, 1.54) is 16.7 Å². The third kappa shape index (κ3) is 5.58. The second-order valence-electron chi connectivity index (χ2n) is 8.73. The average molecular weight is 402 g/mol. The van der Waals surface area contributed by atoms with Crippen LogP contribution in [0.4, 0.5) is 0 Å². The van der Waals surface area contributed by atoms with Crippen LogP contribution < -0.4 is 0 Å². The molecule has 0 unspecified atom stereocenters. The molecule has 1 saturated carbocycles. The van der Waals surface area contributed by atoms with Crippen molar-refractivity contribution in [2.45, 2.75) is 65.7 Å². The Morgan fingerprint density at radius 3 is 2.30 bits per heavy atom. The van der Waals surface area contributed by atoms with Gasteiger partial charge in [0.05, 0.1) is 0 Å². The van der Waals surface area contributed by atoms with E-state index in [0.717, 1.165) is 68.3 Å². The summed E-state index contributed by atoms with van der Waals surface area (Å²) in [4.78, 5) is 17.5. The Balaban J connectivity index is 1.53. The lowest BCUT2D eigenvalue weighted by atomic mass is 9.75. The predicted octanol–water partition coefficient (Wildman–Crippen LogP) is 7.27. The SMILES string of the molecule is C=C=C(CCC1=CCC(C)=C1)C1CCC(C(=O)c2ccc(C(C)=NCC)cc2)CC1. The van der Waals surface area contributed by atoms with Gasteiger partial charge in [0.1, 0.15) is 0 Å². The Morgan fingerprint density at radius 2 is 1.73 bits per heavy atom. The molecule has 1 fully saturated rings.